The minimum atomic E-state index is -0.121. The minimum Gasteiger partial charge on any atom is -0.338 e. The van der Waals surface area contributed by atoms with Gasteiger partial charge in [0.2, 0.25) is 0 Å². The standard InChI is InChI=1S/C16H24BrN3O/c1-12-3-4-14(17)11-15(12)19-16(21)18-8-5-13-6-9-20(2)10-7-13/h3-4,11,13H,5-10H2,1-2H3,(H2,18,19,21). The summed E-state index contributed by atoms with van der Waals surface area (Å²) in [7, 11) is 2.17. The van der Waals surface area contributed by atoms with Crippen LogP contribution in [0.25, 0.3) is 0 Å². The van der Waals surface area contributed by atoms with Gasteiger partial charge in [-0.15, -0.1) is 0 Å². The number of carbonyl (C=O) groups is 1. The lowest BCUT2D eigenvalue weighted by atomic mass is 9.94. The van der Waals surface area contributed by atoms with Crippen molar-refractivity contribution in [3.05, 3.63) is 28.2 Å². The molecule has 116 valence electrons. The van der Waals surface area contributed by atoms with E-state index in [1.54, 1.807) is 0 Å². The Labute approximate surface area is 135 Å². The number of benzene rings is 1. The van der Waals surface area contributed by atoms with Crippen LogP contribution in [0.15, 0.2) is 22.7 Å². The van der Waals surface area contributed by atoms with Crippen molar-refractivity contribution in [3.63, 3.8) is 0 Å². The fourth-order valence-corrected chi connectivity index (χ4v) is 3.00. The zero-order valence-electron chi connectivity index (χ0n) is 12.8. The van der Waals surface area contributed by atoms with E-state index >= 15 is 0 Å². The van der Waals surface area contributed by atoms with Crippen LogP contribution in [0.5, 0.6) is 0 Å². The van der Waals surface area contributed by atoms with Crippen LogP contribution in [0.3, 0.4) is 0 Å². The van der Waals surface area contributed by atoms with E-state index in [2.05, 4.69) is 38.5 Å². The van der Waals surface area contributed by atoms with Gasteiger partial charge >= 0.3 is 6.03 Å². The fraction of sp³-hybridized carbons (Fsp3) is 0.562. The Bertz CT molecular complexity index is 484. The Hall–Kier alpha value is -1.07. The molecule has 0 unspecified atom stereocenters. The molecule has 1 saturated heterocycles. The number of hydrogen-bond donors (Lipinski definition) is 2. The van der Waals surface area contributed by atoms with Gasteiger partial charge in [0.25, 0.3) is 0 Å². The number of halogens is 1. The maximum Gasteiger partial charge on any atom is 0.319 e. The molecule has 0 bridgehead atoms. The smallest absolute Gasteiger partial charge is 0.319 e. The van der Waals surface area contributed by atoms with Crippen LogP contribution >= 0.6 is 15.9 Å². The molecule has 0 radical (unpaired) electrons. The zero-order chi connectivity index (χ0) is 15.2. The summed E-state index contributed by atoms with van der Waals surface area (Å²) < 4.78 is 0.967. The van der Waals surface area contributed by atoms with Gasteiger partial charge in [0.05, 0.1) is 0 Å². The minimum absolute atomic E-state index is 0.121. The van der Waals surface area contributed by atoms with Crippen LogP contribution < -0.4 is 10.6 Å². The Balaban J connectivity index is 1.71. The molecule has 21 heavy (non-hydrogen) atoms. The maximum atomic E-state index is 11.9. The monoisotopic (exact) mass is 353 g/mol. The molecular weight excluding hydrogens is 330 g/mol. The van der Waals surface area contributed by atoms with Gasteiger partial charge in [-0.2, -0.15) is 0 Å². The Morgan fingerprint density at radius 1 is 1.38 bits per heavy atom. The average molecular weight is 354 g/mol. The second kappa shape index (κ2) is 7.80. The SMILES string of the molecule is Cc1ccc(Br)cc1NC(=O)NCCC1CCN(C)CC1. The number of carbonyl (C=O) groups excluding carboxylic acids is 1. The molecule has 0 atom stereocenters. The molecule has 0 saturated carbocycles. The highest BCUT2D eigenvalue weighted by atomic mass is 79.9. The number of piperidine rings is 1. The quantitative estimate of drug-likeness (QED) is 0.868. The molecule has 1 heterocycles. The molecule has 0 aromatic heterocycles. The molecule has 0 spiro atoms. The highest BCUT2D eigenvalue weighted by Gasteiger charge is 2.16. The summed E-state index contributed by atoms with van der Waals surface area (Å²) in [6.07, 6.45) is 3.55. The number of likely N-dealkylation sites (tertiary alicyclic amines) is 1. The second-order valence-corrected chi connectivity index (χ2v) is 6.79. The molecule has 0 aliphatic carbocycles. The first-order valence-corrected chi connectivity index (χ1v) is 8.33. The first-order chi connectivity index (χ1) is 10.0. The third-order valence-corrected chi connectivity index (χ3v) is 4.62. The summed E-state index contributed by atoms with van der Waals surface area (Å²) in [5, 5.41) is 5.86. The Kier molecular flexibility index (Phi) is 6.06. The number of urea groups is 1. The zero-order valence-corrected chi connectivity index (χ0v) is 14.4. The first-order valence-electron chi connectivity index (χ1n) is 7.54. The maximum absolute atomic E-state index is 11.9. The molecule has 1 aliphatic heterocycles. The van der Waals surface area contributed by atoms with Crippen molar-refractivity contribution < 1.29 is 4.79 Å². The van der Waals surface area contributed by atoms with Gasteiger partial charge in [0, 0.05) is 16.7 Å². The van der Waals surface area contributed by atoms with Crippen molar-refractivity contribution in [1.29, 1.82) is 0 Å². The van der Waals surface area contributed by atoms with E-state index in [0.717, 1.165) is 34.6 Å². The third kappa shape index (κ3) is 5.32. The van der Waals surface area contributed by atoms with E-state index in [1.165, 1.54) is 25.9 Å². The van der Waals surface area contributed by atoms with Gasteiger partial charge in [-0.25, -0.2) is 4.79 Å². The molecular formula is C16H24BrN3O. The van der Waals surface area contributed by atoms with Gasteiger partial charge in [-0.05, 0) is 69.9 Å². The predicted molar refractivity (Wildman–Crippen MR) is 90.7 cm³/mol. The van der Waals surface area contributed by atoms with Crippen LogP contribution in [0.2, 0.25) is 0 Å². The van der Waals surface area contributed by atoms with Crippen LogP contribution in [0, 0.1) is 12.8 Å². The number of hydrogen-bond acceptors (Lipinski definition) is 2. The third-order valence-electron chi connectivity index (χ3n) is 4.12. The van der Waals surface area contributed by atoms with Crippen LogP contribution in [-0.4, -0.2) is 37.6 Å². The molecule has 1 aliphatic rings. The summed E-state index contributed by atoms with van der Waals surface area (Å²) in [4.78, 5) is 14.3. The van der Waals surface area contributed by atoms with Crippen molar-refractivity contribution in [2.75, 3.05) is 32.0 Å². The molecule has 4 nitrogen and oxygen atoms in total. The van der Waals surface area contributed by atoms with E-state index in [-0.39, 0.29) is 6.03 Å². The highest BCUT2D eigenvalue weighted by Crippen LogP contribution is 2.21. The lowest BCUT2D eigenvalue weighted by molar-refractivity contribution is 0.211. The van der Waals surface area contributed by atoms with Crippen LogP contribution in [0.1, 0.15) is 24.8 Å². The van der Waals surface area contributed by atoms with Crippen LogP contribution in [-0.2, 0) is 0 Å². The van der Waals surface area contributed by atoms with Crippen molar-refractivity contribution >= 4 is 27.6 Å². The van der Waals surface area contributed by atoms with Gasteiger partial charge in [-0.1, -0.05) is 22.0 Å². The van der Waals surface area contributed by atoms with Gasteiger partial charge in [0.1, 0.15) is 0 Å². The highest BCUT2D eigenvalue weighted by molar-refractivity contribution is 9.10. The average Bonchev–Trinajstić information content (AvgIpc) is 2.45. The summed E-state index contributed by atoms with van der Waals surface area (Å²) in [5.74, 6) is 0.745. The second-order valence-electron chi connectivity index (χ2n) is 5.88. The normalized spacial score (nSPS) is 16.7. The summed E-state index contributed by atoms with van der Waals surface area (Å²) in [6.45, 7) is 5.08. The lowest BCUT2D eigenvalue weighted by Gasteiger charge is -2.28. The van der Waals surface area contributed by atoms with E-state index in [9.17, 15) is 4.79 Å². The predicted octanol–water partition coefficient (Wildman–Crippen LogP) is 3.61. The number of aryl methyl sites for hydroxylation is 1. The van der Waals surface area contributed by atoms with Gasteiger partial charge < -0.3 is 15.5 Å². The fourth-order valence-electron chi connectivity index (χ4n) is 2.64. The molecule has 2 amide bonds. The van der Waals surface area contributed by atoms with Crippen molar-refractivity contribution in [1.82, 2.24) is 10.2 Å². The molecule has 2 rings (SSSR count). The van der Waals surface area contributed by atoms with Gasteiger partial charge in [0.15, 0.2) is 0 Å². The summed E-state index contributed by atoms with van der Waals surface area (Å²) in [6, 6.07) is 5.76. The van der Waals surface area contributed by atoms with E-state index < -0.39 is 0 Å². The Morgan fingerprint density at radius 3 is 2.81 bits per heavy atom. The summed E-state index contributed by atoms with van der Waals surface area (Å²) in [5.41, 5.74) is 1.91. The molecule has 1 aromatic rings. The van der Waals surface area contributed by atoms with E-state index in [0.29, 0.717) is 0 Å². The van der Waals surface area contributed by atoms with E-state index in [1.807, 2.05) is 25.1 Å². The summed E-state index contributed by atoms with van der Waals surface area (Å²) >= 11 is 3.42. The molecule has 2 N–H and O–H groups in total. The number of rotatable bonds is 4. The molecule has 1 fully saturated rings. The van der Waals surface area contributed by atoms with Crippen molar-refractivity contribution in [3.8, 4) is 0 Å². The number of nitrogens with one attached hydrogen (secondary N) is 2. The lowest BCUT2D eigenvalue weighted by Crippen LogP contribution is -2.34. The number of nitrogens with zero attached hydrogens (tertiary/aromatic N) is 1. The van der Waals surface area contributed by atoms with E-state index in [4.69, 9.17) is 0 Å². The molecule has 5 heteroatoms. The number of anilines is 1. The van der Waals surface area contributed by atoms with Crippen molar-refractivity contribution in [2.24, 2.45) is 5.92 Å². The topological polar surface area (TPSA) is 44.4 Å². The van der Waals surface area contributed by atoms with Crippen LogP contribution in [0.4, 0.5) is 10.5 Å². The largest absolute Gasteiger partial charge is 0.338 e. The molecule has 1 aromatic carbocycles. The Morgan fingerprint density at radius 2 is 2.10 bits per heavy atom. The van der Waals surface area contributed by atoms with Crippen molar-refractivity contribution in [2.45, 2.75) is 26.2 Å². The first kappa shape index (κ1) is 16.3. The van der Waals surface area contributed by atoms with Gasteiger partial charge in [-0.3, -0.25) is 0 Å². The number of amides is 2.